The lowest BCUT2D eigenvalue weighted by Gasteiger charge is -2.17. The first-order valence-electron chi connectivity index (χ1n) is 8.95. The van der Waals surface area contributed by atoms with E-state index >= 15 is 0 Å². The van der Waals surface area contributed by atoms with Crippen LogP contribution in [0.4, 0.5) is 0 Å². The number of fused-ring (bicyclic) bond motifs is 1. The van der Waals surface area contributed by atoms with E-state index in [1.165, 1.54) is 7.11 Å². The average molecular weight is 363 g/mol. The van der Waals surface area contributed by atoms with E-state index in [0.29, 0.717) is 31.0 Å². The van der Waals surface area contributed by atoms with Crippen LogP contribution in [0.5, 0.6) is 5.88 Å². The number of hydrogen-bond acceptors (Lipinski definition) is 5. The fraction of sp³-hybridized carbons (Fsp3) is 0.286. The van der Waals surface area contributed by atoms with Gasteiger partial charge in [0, 0.05) is 48.4 Å². The number of aliphatic hydroxyl groups excluding tert-OH is 1. The van der Waals surface area contributed by atoms with Crippen LogP contribution in [-0.2, 0) is 6.42 Å². The summed E-state index contributed by atoms with van der Waals surface area (Å²) in [5.74, 6) is 0.278. The van der Waals surface area contributed by atoms with Gasteiger partial charge < -0.3 is 14.7 Å². The zero-order valence-electron chi connectivity index (χ0n) is 15.1. The maximum atomic E-state index is 12.8. The van der Waals surface area contributed by atoms with Crippen molar-refractivity contribution in [2.45, 2.75) is 12.5 Å². The summed E-state index contributed by atoms with van der Waals surface area (Å²) >= 11 is 0. The summed E-state index contributed by atoms with van der Waals surface area (Å²) in [6.07, 6.45) is 3.50. The molecule has 1 aliphatic heterocycles. The number of aromatic nitrogens is 2. The second kappa shape index (κ2) is 7.32. The fourth-order valence-corrected chi connectivity index (χ4v) is 3.67. The second-order valence-corrected chi connectivity index (χ2v) is 6.82. The Hall–Kier alpha value is -2.99. The van der Waals surface area contributed by atoms with Gasteiger partial charge in [-0.1, -0.05) is 18.2 Å². The Morgan fingerprint density at radius 3 is 2.85 bits per heavy atom. The first-order valence-corrected chi connectivity index (χ1v) is 8.95. The number of carbonyl (C=O) groups is 1. The summed E-state index contributed by atoms with van der Waals surface area (Å²) in [5, 5.41) is 11.6. The van der Waals surface area contributed by atoms with E-state index in [1.54, 1.807) is 29.4 Å². The van der Waals surface area contributed by atoms with Gasteiger partial charge in [0.05, 0.1) is 18.7 Å². The SMILES string of the molecule is COc1cc(C(=O)N2C[C@@H](Cc3ccnc4ccccc34)[C@H](O)C2)ccn1. The van der Waals surface area contributed by atoms with Crippen LogP contribution in [-0.4, -0.2) is 52.2 Å². The van der Waals surface area contributed by atoms with Crippen LogP contribution in [0, 0.1) is 5.92 Å². The molecule has 1 saturated heterocycles. The van der Waals surface area contributed by atoms with Crippen LogP contribution in [0.2, 0.25) is 0 Å². The number of benzene rings is 1. The Morgan fingerprint density at radius 1 is 1.19 bits per heavy atom. The van der Waals surface area contributed by atoms with Crippen molar-refractivity contribution in [3.8, 4) is 5.88 Å². The van der Waals surface area contributed by atoms with E-state index < -0.39 is 6.10 Å². The molecule has 6 nitrogen and oxygen atoms in total. The summed E-state index contributed by atoms with van der Waals surface area (Å²) in [6, 6.07) is 13.3. The molecule has 6 heteroatoms. The van der Waals surface area contributed by atoms with E-state index in [2.05, 4.69) is 9.97 Å². The third-order valence-corrected chi connectivity index (χ3v) is 5.11. The number of hydrogen-bond donors (Lipinski definition) is 1. The maximum absolute atomic E-state index is 12.8. The lowest BCUT2D eigenvalue weighted by Crippen LogP contribution is -2.29. The van der Waals surface area contributed by atoms with Crippen molar-refractivity contribution >= 4 is 16.8 Å². The largest absolute Gasteiger partial charge is 0.481 e. The molecule has 3 heterocycles. The molecular weight excluding hydrogens is 342 g/mol. The average Bonchev–Trinajstić information content (AvgIpc) is 3.08. The number of aliphatic hydroxyl groups is 1. The first kappa shape index (κ1) is 17.4. The lowest BCUT2D eigenvalue weighted by atomic mass is 9.94. The molecule has 0 spiro atoms. The molecule has 1 N–H and O–H groups in total. The van der Waals surface area contributed by atoms with Crippen LogP contribution < -0.4 is 4.74 Å². The van der Waals surface area contributed by atoms with Gasteiger partial charge in [0.25, 0.3) is 5.91 Å². The van der Waals surface area contributed by atoms with Gasteiger partial charge in [0.1, 0.15) is 0 Å². The molecule has 2 atom stereocenters. The molecule has 1 aromatic carbocycles. The van der Waals surface area contributed by atoms with Gasteiger partial charge in [-0.15, -0.1) is 0 Å². The number of amides is 1. The van der Waals surface area contributed by atoms with Crippen molar-refractivity contribution in [2.24, 2.45) is 5.92 Å². The number of rotatable bonds is 4. The van der Waals surface area contributed by atoms with Gasteiger partial charge in [0.2, 0.25) is 5.88 Å². The molecule has 1 fully saturated rings. The Bertz CT molecular complexity index is 970. The molecule has 3 aromatic rings. The highest BCUT2D eigenvalue weighted by molar-refractivity contribution is 5.94. The number of methoxy groups -OCH3 is 1. The maximum Gasteiger partial charge on any atom is 0.254 e. The van der Waals surface area contributed by atoms with Gasteiger partial charge in [0.15, 0.2) is 0 Å². The highest BCUT2D eigenvalue weighted by atomic mass is 16.5. The molecule has 2 aromatic heterocycles. The standard InChI is InChI=1S/C21H21N3O3/c1-27-20-11-15(7-9-23-20)21(26)24-12-16(19(25)13-24)10-14-6-8-22-18-5-3-2-4-17(14)18/h2-9,11,16,19,25H,10,12-13H2,1H3/t16-,19-/m1/s1. The van der Waals surface area contributed by atoms with Crippen LogP contribution in [0.15, 0.2) is 54.9 Å². The summed E-state index contributed by atoms with van der Waals surface area (Å²) in [5.41, 5.74) is 2.60. The quantitative estimate of drug-likeness (QED) is 0.770. The molecule has 27 heavy (non-hydrogen) atoms. The predicted molar refractivity (Wildman–Crippen MR) is 102 cm³/mol. The molecule has 138 valence electrons. The van der Waals surface area contributed by atoms with Crippen molar-refractivity contribution in [3.05, 3.63) is 66.0 Å². The van der Waals surface area contributed by atoms with Crippen molar-refractivity contribution in [3.63, 3.8) is 0 Å². The summed E-state index contributed by atoms with van der Waals surface area (Å²) in [4.78, 5) is 22.9. The molecular formula is C21H21N3O3. The number of para-hydroxylation sites is 1. The molecule has 0 radical (unpaired) electrons. The summed E-state index contributed by atoms with van der Waals surface area (Å²) in [7, 11) is 1.52. The third-order valence-electron chi connectivity index (χ3n) is 5.11. The van der Waals surface area contributed by atoms with Crippen LogP contribution in [0.1, 0.15) is 15.9 Å². The number of likely N-dealkylation sites (tertiary alicyclic amines) is 1. The van der Waals surface area contributed by atoms with Crippen LogP contribution >= 0.6 is 0 Å². The van der Waals surface area contributed by atoms with Gasteiger partial charge in [-0.25, -0.2) is 4.98 Å². The van der Waals surface area contributed by atoms with Crippen molar-refractivity contribution < 1.29 is 14.6 Å². The lowest BCUT2D eigenvalue weighted by molar-refractivity contribution is 0.0764. The van der Waals surface area contributed by atoms with Crippen molar-refractivity contribution in [1.82, 2.24) is 14.9 Å². The number of β-amino-alcohol motifs (C(OH)–C–C–N with tert-alkyl or cyclic N) is 1. The fourth-order valence-electron chi connectivity index (χ4n) is 3.67. The highest BCUT2D eigenvalue weighted by Gasteiger charge is 2.34. The Kier molecular flexibility index (Phi) is 4.73. The van der Waals surface area contributed by atoms with E-state index in [-0.39, 0.29) is 11.8 Å². The van der Waals surface area contributed by atoms with Crippen molar-refractivity contribution in [2.75, 3.05) is 20.2 Å². The number of pyridine rings is 2. The van der Waals surface area contributed by atoms with Crippen LogP contribution in [0.25, 0.3) is 10.9 Å². The van der Waals surface area contributed by atoms with Crippen LogP contribution in [0.3, 0.4) is 0 Å². The number of carbonyl (C=O) groups excluding carboxylic acids is 1. The van der Waals surface area contributed by atoms with Crippen molar-refractivity contribution in [1.29, 1.82) is 0 Å². The molecule has 0 unspecified atom stereocenters. The smallest absolute Gasteiger partial charge is 0.254 e. The summed E-state index contributed by atoms with van der Waals surface area (Å²) in [6.45, 7) is 0.846. The Morgan fingerprint density at radius 2 is 2.00 bits per heavy atom. The Balaban J connectivity index is 1.52. The van der Waals surface area contributed by atoms with E-state index in [9.17, 15) is 9.90 Å². The third kappa shape index (κ3) is 3.48. The monoisotopic (exact) mass is 363 g/mol. The normalized spacial score (nSPS) is 19.4. The molecule has 0 saturated carbocycles. The minimum absolute atomic E-state index is 0.0107. The minimum Gasteiger partial charge on any atom is -0.481 e. The predicted octanol–water partition coefficient (Wildman–Crippen LogP) is 2.31. The van der Waals surface area contributed by atoms with E-state index in [0.717, 1.165) is 16.5 Å². The zero-order valence-corrected chi connectivity index (χ0v) is 15.1. The topological polar surface area (TPSA) is 75.5 Å². The molecule has 1 aliphatic rings. The number of ether oxygens (including phenoxy) is 1. The first-order chi connectivity index (χ1) is 13.2. The van der Waals surface area contributed by atoms with Gasteiger partial charge in [-0.3, -0.25) is 9.78 Å². The van der Waals surface area contributed by atoms with E-state index in [1.807, 2.05) is 30.3 Å². The van der Waals surface area contributed by atoms with E-state index in [4.69, 9.17) is 4.74 Å². The van der Waals surface area contributed by atoms with Gasteiger partial charge in [-0.2, -0.15) is 0 Å². The summed E-state index contributed by atoms with van der Waals surface area (Å²) < 4.78 is 5.09. The molecule has 0 bridgehead atoms. The van der Waals surface area contributed by atoms with Gasteiger partial charge in [-0.05, 0) is 30.2 Å². The Labute approximate surface area is 157 Å². The van der Waals surface area contributed by atoms with Gasteiger partial charge >= 0.3 is 0 Å². The minimum atomic E-state index is -0.551. The molecule has 0 aliphatic carbocycles. The zero-order chi connectivity index (χ0) is 18.8. The number of nitrogens with zero attached hydrogens (tertiary/aromatic N) is 3. The second-order valence-electron chi connectivity index (χ2n) is 6.82. The molecule has 1 amide bonds. The highest BCUT2D eigenvalue weighted by Crippen LogP contribution is 2.26. The molecule has 4 rings (SSSR count).